The number of benzene rings is 1. The second kappa shape index (κ2) is 3.78. The van der Waals surface area contributed by atoms with Crippen LogP contribution in [0.3, 0.4) is 0 Å². The molecular weight excluding hydrogens is 216 g/mol. The van der Waals surface area contributed by atoms with Crippen molar-refractivity contribution in [2.45, 2.75) is 30.1 Å². The maximum atomic E-state index is 10.9. The van der Waals surface area contributed by atoms with Crippen LogP contribution in [0.25, 0.3) is 0 Å². The molecule has 2 fully saturated rings. The lowest BCUT2D eigenvalue weighted by Crippen LogP contribution is -2.38. The first kappa shape index (κ1) is 10.7. The van der Waals surface area contributed by atoms with Gasteiger partial charge in [-0.1, -0.05) is 30.3 Å². The second-order valence-corrected chi connectivity index (χ2v) is 6.29. The van der Waals surface area contributed by atoms with Gasteiger partial charge in [-0.25, -0.2) is 0 Å². The standard InChI is InChI=1S/C14H18OS/c1-16-13-8-10-7-12(13)14(15,9-10)11-5-3-2-4-6-11/h2-6,10,12-13,15H,7-9H2,1H3/t10-,12+,13+,14-/m1/s1. The Bertz CT molecular complexity index is 378. The molecule has 4 atom stereocenters. The van der Waals surface area contributed by atoms with Gasteiger partial charge in [0.1, 0.15) is 0 Å². The van der Waals surface area contributed by atoms with Crippen LogP contribution in [0.1, 0.15) is 24.8 Å². The molecule has 0 spiro atoms. The van der Waals surface area contributed by atoms with Crippen LogP contribution in [-0.4, -0.2) is 16.6 Å². The highest BCUT2D eigenvalue weighted by atomic mass is 32.2. The van der Waals surface area contributed by atoms with Crippen molar-refractivity contribution in [1.29, 1.82) is 0 Å². The van der Waals surface area contributed by atoms with Gasteiger partial charge in [0.15, 0.2) is 0 Å². The van der Waals surface area contributed by atoms with Crippen LogP contribution >= 0.6 is 11.8 Å². The Hall–Kier alpha value is -0.470. The SMILES string of the molecule is CS[C@H]1C[C@H]2C[C@@H]1[C@](O)(c1ccccc1)C2. The first-order chi connectivity index (χ1) is 7.74. The molecule has 1 aromatic rings. The number of fused-ring (bicyclic) bond motifs is 2. The number of thioether (sulfide) groups is 1. The fourth-order valence-corrected chi connectivity index (χ4v) is 4.81. The fourth-order valence-electron chi connectivity index (χ4n) is 3.68. The minimum Gasteiger partial charge on any atom is -0.385 e. The van der Waals surface area contributed by atoms with Crippen molar-refractivity contribution in [2.24, 2.45) is 11.8 Å². The summed E-state index contributed by atoms with van der Waals surface area (Å²) in [6.45, 7) is 0. The maximum Gasteiger partial charge on any atom is 0.0937 e. The summed E-state index contributed by atoms with van der Waals surface area (Å²) in [4.78, 5) is 0. The third-order valence-corrected chi connectivity index (χ3v) is 5.52. The molecule has 0 unspecified atom stereocenters. The number of aliphatic hydroxyl groups is 1. The number of hydrogen-bond donors (Lipinski definition) is 1. The molecule has 1 nitrogen and oxygen atoms in total. The second-order valence-electron chi connectivity index (χ2n) is 5.21. The lowest BCUT2D eigenvalue weighted by atomic mass is 9.79. The third kappa shape index (κ3) is 1.43. The summed E-state index contributed by atoms with van der Waals surface area (Å²) in [5.41, 5.74) is 0.582. The summed E-state index contributed by atoms with van der Waals surface area (Å²) in [6.07, 6.45) is 5.67. The molecule has 16 heavy (non-hydrogen) atoms. The van der Waals surface area contributed by atoms with Crippen molar-refractivity contribution in [1.82, 2.24) is 0 Å². The predicted molar refractivity (Wildman–Crippen MR) is 68.5 cm³/mol. The first-order valence-electron chi connectivity index (χ1n) is 6.05. The molecule has 0 heterocycles. The van der Waals surface area contributed by atoms with Crippen molar-refractivity contribution in [3.63, 3.8) is 0 Å². The zero-order chi connectivity index (χ0) is 11.2. The molecule has 0 saturated heterocycles. The Labute approximate surface area is 101 Å². The molecule has 2 bridgehead atoms. The minimum absolute atomic E-state index is 0.467. The molecule has 0 radical (unpaired) electrons. The smallest absolute Gasteiger partial charge is 0.0937 e. The highest BCUT2D eigenvalue weighted by molar-refractivity contribution is 7.99. The van der Waals surface area contributed by atoms with Crippen LogP contribution in [0, 0.1) is 11.8 Å². The summed E-state index contributed by atoms with van der Waals surface area (Å²) in [7, 11) is 0. The molecule has 0 aliphatic heterocycles. The highest BCUT2D eigenvalue weighted by Crippen LogP contribution is 2.58. The van der Waals surface area contributed by atoms with Crippen LogP contribution < -0.4 is 0 Å². The molecule has 2 saturated carbocycles. The van der Waals surface area contributed by atoms with Crippen LogP contribution in [0.2, 0.25) is 0 Å². The van der Waals surface area contributed by atoms with E-state index >= 15 is 0 Å². The highest BCUT2D eigenvalue weighted by Gasteiger charge is 2.55. The summed E-state index contributed by atoms with van der Waals surface area (Å²) in [5, 5.41) is 11.6. The van der Waals surface area contributed by atoms with E-state index in [-0.39, 0.29) is 0 Å². The van der Waals surface area contributed by atoms with Gasteiger partial charge >= 0.3 is 0 Å². The van der Waals surface area contributed by atoms with E-state index in [1.807, 2.05) is 30.0 Å². The first-order valence-corrected chi connectivity index (χ1v) is 7.33. The summed E-state index contributed by atoms with van der Waals surface area (Å²) in [5.74, 6) is 1.21. The molecule has 3 rings (SSSR count). The predicted octanol–water partition coefficient (Wildman–Crippen LogP) is 3.04. The Balaban J connectivity index is 1.95. The molecule has 0 aromatic heterocycles. The third-order valence-electron chi connectivity index (χ3n) is 4.39. The Kier molecular flexibility index (Phi) is 2.52. The van der Waals surface area contributed by atoms with E-state index in [1.54, 1.807) is 0 Å². The topological polar surface area (TPSA) is 20.2 Å². The normalized spacial score (nSPS) is 41.5. The lowest BCUT2D eigenvalue weighted by Gasteiger charge is -2.37. The number of hydrogen-bond acceptors (Lipinski definition) is 2. The summed E-state index contributed by atoms with van der Waals surface area (Å²) in [6, 6.07) is 10.3. The molecule has 2 aliphatic carbocycles. The lowest BCUT2D eigenvalue weighted by molar-refractivity contribution is -0.0155. The average Bonchev–Trinajstić information content (AvgIpc) is 2.87. The van der Waals surface area contributed by atoms with Crippen LogP contribution in [-0.2, 0) is 5.60 Å². The molecule has 1 N–H and O–H groups in total. The van der Waals surface area contributed by atoms with E-state index in [0.29, 0.717) is 11.2 Å². The summed E-state index contributed by atoms with van der Waals surface area (Å²) >= 11 is 1.93. The Morgan fingerprint density at radius 3 is 2.62 bits per heavy atom. The van der Waals surface area contributed by atoms with Crippen LogP contribution in [0.5, 0.6) is 0 Å². The molecule has 1 aromatic carbocycles. The summed E-state index contributed by atoms with van der Waals surface area (Å²) < 4.78 is 0. The Morgan fingerprint density at radius 1 is 1.25 bits per heavy atom. The number of rotatable bonds is 2. The fraction of sp³-hybridized carbons (Fsp3) is 0.571. The largest absolute Gasteiger partial charge is 0.385 e. The van der Waals surface area contributed by atoms with E-state index < -0.39 is 5.60 Å². The van der Waals surface area contributed by atoms with Gasteiger partial charge in [-0.2, -0.15) is 11.8 Å². The van der Waals surface area contributed by atoms with E-state index in [1.165, 1.54) is 12.8 Å². The van der Waals surface area contributed by atoms with E-state index in [4.69, 9.17) is 0 Å². The van der Waals surface area contributed by atoms with Gasteiger partial charge in [-0.05, 0) is 37.0 Å². The monoisotopic (exact) mass is 234 g/mol. The van der Waals surface area contributed by atoms with E-state index in [0.717, 1.165) is 17.9 Å². The van der Waals surface area contributed by atoms with Crippen molar-refractivity contribution in [3.8, 4) is 0 Å². The molecular formula is C14H18OS. The van der Waals surface area contributed by atoms with E-state index in [9.17, 15) is 5.11 Å². The van der Waals surface area contributed by atoms with Gasteiger partial charge in [0.25, 0.3) is 0 Å². The van der Waals surface area contributed by atoms with Gasteiger partial charge in [0, 0.05) is 11.2 Å². The van der Waals surface area contributed by atoms with Crippen molar-refractivity contribution >= 4 is 11.8 Å². The average molecular weight is 234 g/mol. The quantitative estimate of drug-likeness (QED) is 0.848. The minimum atomic E-state index is -0.544. The van der Waals surface area contributed by atoms with Gasteiger partial charge in [0.05, 0.1) is 5.60 Å². The zero-order valence-corrected chi connectivity index (χ0v) is 10.4. The molecule has 2 heteroatoms. The van der Waals surface area contributed by atoms with Gasteiger partial charge in [-0.15, -0.1) is 0 Å². The maximum absolute atomic E-state index is 10.9. The molecule has 86 valence electrons. The van der Waals surface area contributed by atoms with Crippen LogP contribution in [0.4, 0.5) is 0 Å². The molecule has 0 amide bonds. The van der Waals surface area contributed by atoms with Gasteiger partial charge in [-0.3, -0.25) is 0 Å². The van der Waals surface area contributed by atoms with Gasteiger partial charge < -0.3 is 5.11 Å². The Morgan fingerprint density at radius 2 is 2.00 bits per heavy atom. The van der Waals surface area contributed by atoms with Crippen molar-refractivity contribution < 1.29 is 5.11 Å². The zero-order valence-electron chi connectivity index (χ0n) is 9.60. The van der Waals surface area contributed by atoms with Crippen molar-refractivity contribution in [2.75, 3.05) is 6.26 Å². The molecule has 2 aliphatic rings. The van der Waals surface area contributed by atoms with Crippen molar-refractivity contribution in [3.05, 3.63) is 35.9 Å². The van der Waals surface area contributed by atoms with Crippen LogP contribution in [0.15, 0.2) is 30.3 Å². The van der Waals surface area contributed by atoms with E-state index in [2.05, 4.69) is 18.4 Å². The van der Waals surface area contributed by atoms with Gasteiger partial charge in [0.2, 0.25) is 0 Å².